The second-order valence-electron chi connectivity index (χ2n) is 6.10. The van der Waals surface area contributed by atoms with Crippen molar-refractivity contribution in [2.75, 3.05) is 24.7 Å². The second kappa shape index (κ2) is 6.57. The maximum Gasteiger partial charge on any atom is 0.239 e. The zero-order valence-electron chi connectivity index (χ0n) is 14.1. The van der Waals surface area contributed by atoms with Gasteiger partial charge < -0.3 is 23.0 Å². The molecule has 25 heavy (non-hydrogen) atoms. The van der Waals surface area contributed by atoms with Crippen molar-refractivity contribution in [3.8, 4) is 5.69 Å². The fraction of sp³-hybridized carbons (Fsp3) is 0.100. The third kappa shape index (κ3) is 2.96. The molecule has 126 valence electrons. The van der Waals surface area contributed by atoms with Crippen LogP contribution in [0.1, 0.15) is 0 Å². The van der Waals surface area contributed by atoms with Crippen LogP contribution in [0, 0.1) is 0 Å². The van der Waals surface area contributed by atoms with E-state index in [-0.39, 0.29) is 12.4 Å². The summed E-state index contributed by atoms with van der Waals surface area (Å²) in [6.07, 6.45) is 0. The number of aromatic nitrogens is 2. The molecule has 0 aliphatic carbocycles. The summed E-state index contributed by atoms with van der Waals surface area (Å²) in [5.74, 6) is 0. The van der Waals surface area contributed by atoms with Crippen molar-refractivity contribution in [3.63, 3.8) is 0 Å². The summed E-state index contributed by atoms with van der Waals surface area (Å²) in [6, 6.07) is 22.5. The average Bonchev–Trinajstić information content (AvgIpc) is 2.60. The number of nitrogen functional groups attached to an aromatic ring is 1. The number of halogens is 1. The minimum atomic E-state index is 0. The number of anilines is 2. The topological polar surface area (TPSA) is 46.0 Å². The highest BCUT2D eigenvalue weighted by Crippen LogP contribution is 2.22. The Morgan fingerprint density at radius 2 is 1.48 bits per heavy atom. The third-order valence-electron chi connectivity index (χ3n) is 4.21. The number of nitrogens with zero attached hydrogens (tertiary/aromatic N) is 3. The first-order valence-corrected chi connectivity index (χ1v) is 7.91. The number of para-hydroxylation sites is 1. The summed E-state index contributed by atoms with van der Waals surface area (Å²) in [7, 11) is 4.08. The van der Waals surface area contributed by atoms with Crippen molar-refractivity contribution in [2.45, 2.75) is 0 Å². The quantitative estimate of drug-likeness (QED) is 0.322. The standard InChI is InChI=1S/C20H18N4.ClH/c1-23(2)16-9-11-18-20(13-16)24(15-6-4-3-5-7-15)19-12-14(21)8-10-17(19)22-18;/h3-13,21H,1-2H3;1H. The Balaban J connectivity index is 0.00000182. The molecule has 3 aromatic carbocycles. The van der Waals surface area contributed by atoms with Crippen molar-refractivity contribution in [3.05, 3.63) is 66.7 Å². The minimum absolute atomic E-state index is 0. The van der Waals surface area contributed by atoms with Gasteiger partial charge in [0.2, 0.25) is 16.7 Å². The van der Waals surface area contributed by atoms with E-state index in [4.69, 9.17) is 10.7 Å². The van der Waals surface area contributed by atoms with E-state index in [1.54, 1.807) is 0 Å². The molecular weight excluding hydrogens is 332 g/mol. The number of rotatable bonds is 2. The first kappa shape index (κ1) is 17.0. The molecule has 4 rings (SSSR count). The van der Waals surface area contributed by atoms with Crippen molar-refractivity contribution >= 4 is 33.4 Å². The van der Waals surface area contributed by atoms with Crippen LogP contribution >= 0.6 is 0 Å². The molecule has 0 aliphatic heterocycles. The molecule has 0 fully saturated rings. The van der Waals surface area contributed by atoms with E-state index >= 15 is 0 Å². The van der Waals surface area contributed by atoms with Gasteiger partial charge in [-0.25, -0.2) is 4.98 Å². The Morgan fingerprint density at radius 3 is 2.16 bits per heavy atom. The molecule has 0 bridgehead atoms. The second-order valence-corrected chi connectivity index (χ2v) is 6.10. The lowest BCUT2D eigenvalue weighted by molar-refractivity contribution is -0.538. The summed E-state index contributed by atoms with van der Waals surface area (Å²) in [6.45, 7) is 0. The van der Waals surface area contributed by atoms with E-state index in [1.807, 2.05) is 50.5 Å². The predicted octanol–water partition coefficient (Wildman–Crippen LogP) is 0.317. The molecular formula is C20H19ClN4. The van der Waals surface area contributed by atoms with Crippen LogP contribution in [0.5, 0.6) is 0 Å². The molecule has 0 aliphatic rings. The zero-order chi connectivity index (χ0) is 16.7. The molecule has 1 heterocycles. The zero-order valence-corrected chi connectivity index (χ0v) is 14.9. The normalized spacial score (nSPS) is 10.6. The third-order valence-corrected chi connectivity index (χ3v) is 4.21. The maximum atomic E-state index is 6.04. The molecule has 0 saturated carbocycles. The van der Waals surface area contributed by atoms with Gasteiger partial charge in [-0.3, -0.25) is 0 Å². The monoisotopic (exact) mass is 350 g/mol. The summed E-state index contributed by atoms with van der Waals surface area (Å²) in [5.41, 5.74) is 13.0. The molecule has 0 atom stereocenters. The van der Waals surface area contributed by atoms with E-state index in [2.05, 4.69) is 39.8 Å². The lowest BCUT2D eigenvalue weighted by atomic mass is 10.2. The van der Waals surface area contributed by atoms with Crippen LogP contribution in [0.3, 0.4) is 0 Å². The van der Waals surface area contributed by atoms with Crippen LogP contribution < -0.4 is 27.6 Å². The molecule has 0 saturated heterocycles. The number of hydrogen-bond donors (Lipinski definition) is 1. The van der Waals surface area contributed by atoms with Crippen LogP contribution in [0.4, 0.5) is 11.4 Å². The summed E-state index contributed by atoms with van der Waals surface area (Å²) in [4.78, 5) is 6.91. The Hall–Kier alpha value is -2.85. The van der Waals surface area contributed by atoms with Gasteiger partial charge in [0.15, 0.2) is 0 Å². The van der Waals surface area contributed by atoms with Gasteiger partial charge in [-0.15, -0.1) is 4.57 Å². The van der Waals surface area contributed by atoms with Crippen LogP contribution in [0.2, 0.25) is 0 Å². The van der Waals surface area contributed by atoms with Crippen molar-refractivity contribution in [1.29, 1.82) is 0 Å². The van der Waals surface area contributed by atoms with E-state index in [0.29, 0.717) is 0 Å². The van der Waals surface area contributed by atoms with Crippen LogP contribution in [0.25, 0.3) is 27.8 Å². The number of nitrogens with two attached hydrogens (primary N) is 1. The van der Waals surface area contributed by atoms with Gasteiger partial charge >= 0.3 is 0 Å². The molecule has 5 heteroatoms. The van der Waals surface area contributed by atoms with E-state index in [9.17, 15) is 0 Å². The van der Waals surface area contributed by atoms with Gasteiger partial charge in [0.25, 0.3) is 0 Å². The lowest BCUT2D eigenvalue weighted by Gasteiger charge is -2.13. The van der Waals surface area contributed by atoms with Crippen LogP contribution in [-0.4, -0.2) is 19.1 Å². The molecule has 1 aromatic heterocycles. The van der Waals surface area contributed by atoms with Crippen molar-refractivity contribution in [2.24, 2.45) is 0 Å². The highest BCUT2D eigenvalue weighted by molar-refractivity contribution is 5.85. The van der Waals surface area contributed by atoms with E-state index in [0.717, 1.165) is 39.1 Å². The first-order valence-electron chi connectivity index (χ1n) is 7.91. The molecule has 0 unspecified atom stereocenters. The molecule has 4 nitrogen and oxygen atoms in total. The number of hydrogen-bond acceptors (Lipinski definition) is 3. The fourth-order valence-corrected chi connectivity index (χ4v) is 2.99. The van der Waals surface area contributed by atoms with Crippen LogP contribution in [-0.2, 0) is 0 Å². The Morgan fingerprint density at radius 1 is 0.840 bits per heavy atom. The van der Waals surface area contributed by atoms with Gasteiger partial charge in [-0.2, -0.15) is 0 Å². The number of fused-ring (bicyclic) bond motifs is 2. The van der Waals surface area contributed by atoms with Gasteiger partial charge in [0, 0.05) is 49.7 Å². The summed E-state index contributed by atoms with van der Waals surface area (Å²) in [5, 5.41) is 0. The van der Waals surface area contributed by atoms with Crippen molar-refractivity contribution < 1.29 is 17.0 Å². The predicted molar refractivity (Wildman–Crippen MR) is 99.5 cm³/mol. The van der Waals surface area contributed by atoms with Crippen molar-refractivity contribution in [1.82, 2.24) is 4.98 Å². The Kier molecular flexibility index (Phi) is 4.47. The molecule has 2 N–H and O–H groups in total. The Bertz CT molecular complexity index is 1050. The summed E-state index contributed by atoms with van der Waals surface area (Å²) >= 11 is 0. The highest BCUT2D eigenvalue weighted by atomic mass is 35.5. The van der Waals surface area contributed by atoms with Gasteiger partial charge in [0.05, 0.1) is 0 Å². The fourth-order valence-electron chi connectivity index (χ4n) is 2.99. The smallest absolute Gasteiger partial charge is 0.239 e. The first-order chi connectivity index (χ1) is 11.6. The van der Waals surface area contributed by atoms with Gasteiger partial charge in [-0.05, 0) is 24.3 Å². The van der Waals surface area contributed by atoms with Gasteiger partial charge in [-0.1, -0.05) is 18.2 Å². The molecule has 0 amide bonds. The van der Waals surface area contributed by atoms with E-state index < -0.39 is 0 Å². The molecule has 0 spiro atoms. The van der Waals surface area contributed by atoms with E-state index in [1.165, 1.54) is 0 Å². The highest BCUT2D eigenvalue weighted by Gasteiger charge is 2.20. The SMILES string of the molecule is CN(C)c1ccc2nc3ccc(N)cc3[n+](-c3ccccc3)c2c1.[Cl-]. The Labute approximate surface area is 152 Å². The molecule has 4 aromatic rings. The average molecular weight is 351 g/mol. The maximum absolute atomic E-state index is 6.04. The lowest BCUT2D eigenvalue weighted by Crippen LogP contribution is -3.00. The summed E-state index contributed by atoms with van der Waals surface area (Å²) < 4.78 is 2.22. The van der Waals surface area contributed by atoms with Crippen LogP contribution in [0.15, 0.2) is 66.7 Å². The molecule has 0 radical (unpaired) electrons. The van der Waals surface area contributed by atoms with Gasteiger partial charge in [0.1, 0.15) is 11.0 Å². The minimum Gasteiger partial charge on any atom is -1.00 e. The largest absolute Gasteiger partial charge is 1.00 e. The number of benzene rings is 3.